The first-order valence-electron chi connectivity index (χ1n) is 8.13. The quantitative estimate of drug-likeness (QED) is 0.643. The minimum atomic E-state index is 0. The van der Waals surface area contributed by atoms with Crippen molar-refractivity contribution in [1.82, 2.24) is 0 Å². The van der Waals surface area contributed by atoms with E-state index in [0.29, 0.717) is 28.0 Å². The highest BCUT2D eigenvalue weighted by Gasteiger charge is 2.24. The lowest BCUT2D eigenvalue weighted by Crippen LogP contribution is -2.18. The molecule has 0 unspecified atom stereocenters. The van der Waals surface area contributed by atoms with Crippen molar-refractivity contribution in [2.24, 2.45) is 0 Å². The van der Waals surface area contributed by atoms with Crippen LogP contribution in [0.25, 0.3) is 0 Å². The van der Waals surface area contributed by atoms with Gasteiger partial charge < -0.3 is 5.11 Å². The fourth-order valence-corrected chi connectivity index (χ4v) is 2.72. The van der Waals surface area contributed by atoms with E-state index in [9.17, 15) is 14.7 Å². The number of carbonyl (C=O) groups is 2. The van der Waals surface area contributed by atoms with Crippen molar-refractivity contribution in [3.8, 4) is 5.75 Å². The Balaban J connectivity index is 0.000000443. The molecule has 0 saturated carbocycles. The predicted octanol–water partition coefficient (Wildman–Crippen LogP) is 5.38. The summed E-state index contributed by atoms with van der Waals surface area (Å²) in [5, 5.41) is 9.69. The molecule has 138 valence electrons. The van der Waals surface area contributed by atoms with Crippen molar-refractivity contribution in [3.63, 3.8) is 0 Å². The molecule has 0 fully saturated rings. The predicted molar refractivity (Wildman–Crippen MR) is 105 cm³/mol. The van der Waals surface area contributed by atoms with Crippen LogP contribution in [0.3, 0.4) is 0 Å². The smallest absolute Gasteiger partial charge is 0.185 e. The van der Waals surface area contributed by atoms with Gasteiger partial charge in [-0.2, -0.15) is 0 Å². The van der Waals surface area contributed by atoms with Gasteiger partial charge in [-0.05, 0) is 90.1 Å². The van der Waals surface area contributed by atoms with Gasteiger partial charge in [-0.3, -0.25) is 9.59 Å². The number of phenols is 1. The number of phenolic OH excluding ortho intramolecular Hbond substituents is 1. The number of benzene rings is 1. The first-order chi connectivity index (χ1) is 10.9. The summed E-state index contributed by atoms with van der Waals surface area (Å²) in [6.45, 7) is 16.9. The Morgan fingerprint density at radius 2 is 0.680 bits per heavy atom. The Bertz CT molecular complexity index is 623. The van der Waals surface area contributed by atoms with Crippen molar-refractivity contribution < 1.29 is 14.7 Å². The lowest BCUT2D eigenvalue weighted by atomic mass is 9.87. The van der Waals surface area contributed by atoms with Gasteiger partial charge in [0.15, 0.2) is 11.6 Å². The van der Waals surface area contributed by atoms with Crippen LogP contribution in [0.2, 0.25) is 0 Å². The number of ketones is 2. The maximum absolute atomic E-state index is 11.4. The number of allylic oxidation sites excluding steroid dienone is 4. The number of aromatic hydroxyl groups is 1. The van der Waals surface area contributed by atoms with Gasteiger partial charge in [0.25, 0.3) is 0 Å². The second-order valence-electron chi connectivity index (χ2n) is 6.63. The van der Waals surface area contributed by atoms with Crippen LogP contribution in [-0.4, -0.2) is 16.7 Å². The highest BCUT2D eigenvalue weighted by atomic mass is 16.3. The molecule has 1 aliphatic rings. The molecule has 0 spiro atoms. The zero-order valence-corrected chi connectivity index (χ0v) is 16.3. The highest BCUT2D eigenvalue weighted by molar-refractivity contribution is 6.24. The monoisotopic (exact) mass is 344 g/mol. The van der Waals surface area contributed by atoms with E-state index in [2.05, 4.69) is 20.8 Å². The molecule has 0 bridgehead atoms. The molecule has 0 aromatic heterocycles. The Morgan fingerprint density at radius 1 is 0.480 bits per heavy atom. The molecule has 0 aliphatic heterocycles. The van der Waals surface area contributed by atoms with Gasteiger partial charge >= 0.3 is 0 Å². The number of hydrogen-bond acceptors (Lipinski definition) is 3. The van der Waals surface area contributed by atoms with Crippen molar-refractivity contribution in [3.05, 3.63) is 50.1 Å². The lowest BCUT2D eigenvalue weighted by molar-refractivity contribution is -0.116. The average molecular weight is 344 g/mol. The second-order valence-corrected chi connectivity index (χ2v) is 6.63. The van der Waals surface area contributed by atoms with Crippen LogP contribution < -0.4 is 0 Å². The van der Waals surface area contributed by atoms with Gasteiger partial charge in [0, 0.05) is 22.3 Å². The van der Waals surface area contributed by atoms with Crippen molar-refractivity contribution in [2.75, 3.05) is 0 Å². The largest absolute Gasteiger partial charge is 0.507 e. The summed E-state index contributed by atoms with van der Waals surface area (Å²) in [7, 11) is 0. The molecule has 1 aromatic carbocycles. The third-order valence-corrected chi connectivity index (χ3v) is 5.45. The summed E-state index contributed by atoms with van der Waals surface area (Å²) in [5.74, 6) is 0.463. The zero-order chi connectivity index (χ0) is 18.9. The number of rotatable bonds is 0. The van der Waals surface area contributed by atoms with E-state index in [-0.39, 0.29) is 19.0 Å². The van der Waals surface area contributed by atoms with Crippen LogP contribution in [0.1, 0.15) is 62.9 Å². The molecule has 1 N–H and O–H groups in total. The first kappa shape index (κ1) is 22.8. The summed E-state index contributed by atoms with van der Waals surface area (Å²) < 4.78 is 0. The molecule has 0 atom stereocenters. The summed E-state index contributed by atoms with van der Waals surface area (Å²) in [5.41, 5.74) is 8.07. The highest BCUT2D eigenvalue weighted by Crippen LogP contribution is 2.30. The topological polar surface area (TPSA) is 54.4 Å². The van der Waals surface area contributed by atoms with E-state index in [0.717, 1.165) is 11.1 Å². The molecule has 3 nitrogen and oxygen atoms in total. The molecule has 3 heteroatoms. The van der Waals surface area contributed by atoms with Gasteiger partial charge in [0.2, 0.25) is 0 Å². The molecule has 0 heterocycles. The van der Waals surface area contributed by atoms with Gasteiger partial charge in [-0.1, -0.05) is 7.43 Å². The van der Waals surface area contributed by atoms with Gasteiger partial charge in [-0.25, -0.2) is 0 Å². The molecular formula is C22H32O3. The molecule has 0 amide bonds. The van der Waals surface area contributed by atoms with Crippen LogP contribution in [0.15, 0.2) is 22.3 Å². The Kier molecular flexibility index (Phi) is 7.57. The second kappa shape index (κ2) is 8.28. The normalized spacial score (nSPS) is 14.3. The fourth-order valence-electron chi connectivity index (χ4n) is 2.72. The van der Waals surface area contributed by atoms with Crippen LogP contribution in [0, 0.1) is 34.6 Å². The summed E-state index contributed by atoms with van der Waals surface area (Å²) in [6, 6.07) is 0. The maximum atomic E-state index is 11.4. The summed E-state index contributed by atoms with van der Waals surface area (Å²) in [4.78, 5) is 22.8. The van der Waals surface area contributed by atoms with Gasteiger partial charge in [0.05, 0.1) is 0 Å². The van der Waals surface area contributed by atoms with Crippen LogP contribution in [0.5, 0.6) is 5.75 Å². The van der Waals surface area contributed by atoms with Gasteiger partial charge in [0.1, 0.15) is 5.75 Å². The maximum Gasteiger partial charge on any atom is 0.185 e. The van der Waals surface area contributed by atoms with Crippen LogP contribution in [-0.2, 0) is 9.59 Å². The van der Waals surface area contributed by atoms with E-state index in [1.54, 1.807) is 27.7 Å². The molecule has 1 aromatic rings. The van der Waals surface area contributed by atoms with E-state index < -0.39 is 0 Å². The third-order valence-electron chi connectivity index (χ3n) is 5.45. The van der Waals surface area contributed by atoms with Crippen LogP contribution in [0.4, 0.5) is 0 Å². The minimum absolute atomic E-state index is 0. The van der Waals surface area contributed by atoms with Crippen molar-refractivity contribution in [1.29, 1.82) is 0 Å². The molecule has 1 aliphatic carbocycles. The van der Waals surface area contributed by atoms with Crippen molar-refractivity contribution in [2.45, 2.75) is 69.7 Å². The Hall–Kier alpha value is -2.16. The molecule has 0 radical (unpaired) electrons. The van der Waals surface area contributed by atoms with E-state index in [1.165, 1.54) is 16.7 Å². The molecule has 0 saturated heterocycles. The lowest BCUT2D eigenvalue weighted by Gasteiger charge is -2.15. The molecule has 2 rings (SSSR count). The minimum Gasteiger partial charge on any atom is -0.507 e. The van der Waals surface area contributed by atoms with Crippen molar-refractivity contribution >= 4 is 11.6 Å². The Labute approximate surface area is 152 Å². The number of hydrogen-bond donors (Lipinski definition) is 1. The molecular weight excluding hydrogens is 312 g/mol. The molecule has 25 heavy (non-hydrogen) atoms. The summed E-state index contributed by atoms with van der Waals surface area (Å²) in [6.07, 6.45) is 0. The SMILES string of the molecule is C.CC1=C(C)C(=O)C(C)=C(C)C1=O.Cc1c(C)c(C)c(O)c(C)c1C. The third kappa shape index (κ3) is 4.09. The number of Topliss-reactive ketones (excluding diaryl/α,β-unsaturated/α-hetero) is 2. The first-order valence-corrected chi connectivity index (χ1v) is 8.13. The van der Waals surface area contributed by atoms with E-state index in [4.69, 9.17) is 0 Å². The van der Waals surface area contributed by atoms with Gasteiger partial charge in [-0.15, -0.1) is 0 Å². The zero-order valence-electron chi connectivity index (χ0n) is 16.3. The van der Waals surface area contributed by atoms with E-state index in [1.807, 2.05) is 13.8 Å². The van der Waals surface area contributed by atoms with E-state index >= 15 is 0 Å². The summed E-state index contributed by atoms with van der Waals surface area (Å²) >= 11 is 0. The Morgan fingerprint density at radius 3 is 0.920 bits per heavy atom. The standard InChI is InChI=1S/C11H16O.C10H12O2.CH4/c1-6-7(2)9(4)11(12)10(5)8(6)3;1-5-6(2)10(12)8(4)7(3)9(5)11;/h12H,1-5H3;1-4H3;1H4. The average Bonchev–Trinajstić information content (AvgIpc) is 2.58. The van der Waals surface area contributed by atoms with Crippen LogP contribution >= 0.6 is 0 Å². The fraction of sp³-hybridized carbons (Fsp3) is 0.455. The number of carbonyl (C=O) groups excluding carboxylic acids is 2.